The molecule has 0 bridgehead atoms. The molecule has 5 heteroatoms. The van der Waals surface area contributed by atoms with Crippen LogP contribution in [0.25, 0.3) is 0 Å². The van der Waals surface area contributed by atoms with E-state index in [2.05, 4.69) is 51.3 Å². The predicted octanol–water partition coefficient (Wildman–Crippen LogP) is 3.77. The SMILES string of the molecule is CCc1nn(CC)c(CC(N)CSC2CCCC2)c1Br. The fraction of sp³-hybridized carbons (Fsp3) is 0.800. The topological polar surface area (TPSA) is 43.8 Å². The van der Waals surface area contributed by atoms with Gasteiger partial charge < -0.3 is 5.73 Å². The van der Waals surface area contributed by atoms with Crippen LogP contribution in [-0.4, -0.2) is 26.8 Å². The van der Waals surface area contributed by atoms with Gasteiger partial charge in [-0.3, -0.25) is 4.68 Å². The van der Waals surface area contributed by atoms with Gasteiger partial charge in [0, 0.05) is 30.0 Å². The van der Waals surface area contributed by atoms with Crippen LogP contribution >= 0.6 is 27.7 Å². The zero-order chi connectivity index (χ0) is 14.5. The minimum atomic E-state index is 0.226. The zero-order valence-corrected chi connectivity index (χ0v) is 15.0. The van der Waals surface area contributed by atoms with Gasteiger partial charge in [0.1, 0.15) is 0 Å². The molecule has 2 N–H and O–H groups in total. The van der Waals surface area contributed by atoms with E-state index in [1.165, 1.54) is 35.8 Å². The van der Waals surface area contributed by atoms with Crippen LogP contribution < -0.4 is 5.73 Å². The van der Waals surface area contributed by atoms with E-state index in [9.17, 15) is 0 Å². The van der Waals surface area contributed by atoms with Crippen LogP contribution in [0.2, 0.25) is 0 Å². The molecule has 1 aromatic heterocycles. The number of hydrogen-bond acceptors (Lipinski definition) is 3. The van der Waals surface area contributed by atoms with E-state index < -0.39 is 0 Å². The summed E-state index contributed by atoms with van der Waals surface area (Å²) in [5.41, 5.74) is 8.76. The lowest BCUT2D eigenvalue weighted by Gasteiger charge is -2.15. The van der Waals surface area contributed by atoms with Crippen molar-refractivity contribution in [2.75, 3.05) is 5.75 Å². The third-order valence-electron chi connectivity index (χ3n) is 4.00. The average Bonchev–Trinajstić information content (AvgIpc) is 3.06. The molecule has 20 heavy (non-hydrogen) atoms. The van der Waals surface area contributed by atoms with Gasteiger partial charge in [0.05, 0.1) is 15.9 Å². The second kappa shape index (κ2) is 7.85. The summed E-state index contributed by atoms with van der Waals surface area (Å²) in [5.74, 6) is 1.06. The molecular formula is C15H26BrN3S. The third-order valence-corrected chi connectivity index (χ3v) is 6.48. The quantitative estimate of drug-likeness (QED) is 0.805. The number of aryl methyl sites for hydroxylation is 2. The molecule has 1 atom stereocenters. The Morgan fingerprint density at radius 2 is 2.10 bits per heavy atom. The Morgan fingerprint density at radius 1 is 1.40 bits per heavy atom. The van der Waals surface area contributed by atoms with Crippen molar-refractivity contribution in [3.8, 4) is 0 Å². The summed E-state index contributed by atoms with van der Waals surface area (Å²) >= 11 is 5.78. The number of nitrogens with two attached hydrogens (primary N) is 1. The molecule has 3 nitrogen and oxygen atoms in total. The van der Waals surface area contributed by atoms with Crippen molar-refractivity contribution in [2.24, 2.45) is 5.73 Å². The van der Waals surface area contributed by atoms with Crippen molar-refractivity contribution in [3.05, 3.63) is 15.9 Å². The monoisotopic (exact) mass is 359 g/mol. The van der Waals surface area contributed by atoms with Crippen molar-refractivity contribution in [1.29, 1.82) is 0 Å². The van der Waals surface area contributed by atoms with Gasteiger partial charge in [0.15, 0.2) is 0 Å². The fourth-order valence-corrected chi connectivity index (χ4v) is 4.86. The van der Waals surface area contributed by atoms with E-state index in [-0.39, 0.29) is 6.04 Å². The Kier molecular flexibility index (Phi) is 6.43. The summed E-state index contributed by atoms with van der Waals surface area (Å²) in [6.07, 6.45) is 7.46. The molecule has 0 aromatic carbocycles. The molecule has 1 aliphatic rings. The highest BCUT2D eigenvalue weighted by molar-refractivity contribution is 9.10. The first-order valence-electron chi connectivity index (χ1n) is 7.76. The van der Waals surface area contributed by atoms with Gasteiger partial charge in [-0.05, 0) is 42.1 Å². The molecule has 1 heterocycles. The van der Waals surface area contributed by atoms with Crippen LogP contribution in [0.15, 0.2) is 4.47 Å². The molecule has 1 saturated carbocycles. The van der Waals surface area contributed by atoms with Crippen LogP contribution in [0.4, 0.5) is 0 Å². The zero-order valence-electron chi connectivity index (χ0n) is 12.6. The third kappa shape index (κ3) is 4.01. The Balaban J connectivity index is 1.92. The van der Waals surface area contributed by atoms with E-state index >= 15 is 0 Å². The van der Waals surface area contributed by atoms with Crippen molar-refractivity contribution in [2.45, 2.75) is 70.2 Å². The molecule has 2 rings (SSSR count). The standard InChI is InChI=1S/C15H26BrN3S/c1-3-13-15(16)14(19(4-2)18-13)9-11(17)10-20-12-7-5-6-8-12/h11-12H,3-10,17H2,1-2H3. The van der Waals surface area contributed by atoms with Crippen LogP contribution in [0.5, 0.6) is 0 Å². The van der Waals surface area contributed by atoms with E-state index in [1.807, 2.05) is 0 Å². The first-order chi connectivity index (χ1) is 9.65. The molecule has 1 aromatic rings. The fourth-order valence-electron chi connectivity index (χ4n) is 2.83. The molecule has 0 amide bonds. The molecule has 114 valence electrons. The molecule has 1 aliphatic carbocycles. The van der Waals surface area contributed by atoms with Gasteiger partial charge >= 0.3 is 0 Å². The Bertz CT molecular complexity index is 427. The highest BCUT2D eigenvalue weighted by Gasteiger charge is 2.19. The summed E-state index contributed by atoms with van der Waals surface area (Å²) in [4.78, 5) is 0. The second-order valence-corrected chi connectivity index (χ2v) is 7.71. The number of hydrogen-bond donors (Lipinski definition) is 1. The van der Waals surface area contributed by atoms with Crippen molar-refractivity contribution < 1.29 is 0 Å². The van der Waals surface area contributed by atoms with Gasteiger partial charge in [0.2, 0.25) is 0 Å². The number of aromatic nitrogens is 2. The molecule has 0 spiro atoms. The highest BCUT2D eigenvalue weighted by Crippen LogP contribution is 2.30. The normalized spacial score (nSPS) is 17.8. The second-order valence-electron chi connectivity index (χ2n) is 5.58. The van der Waals surface area contributed by atoms with Gasteiger partial charge in [-0.1, -0.05) is 19.8 Å². The molecule has 0 saturated heterocycles. The van der Waals surface area contributed by atoms with Crippen LogP contribution in [-0.2, 0) is 19.4 Å². The summed E-state index contributed by atoms with van der Waals surface area (Å²) in [6.45, 7) is 5.20. The number of rotatable bonds is 7. The first-order valence-corrected chi connectivity index (χ1v) is 9.61. The van der Waals surface area contributed by atoms with Gasteiger partial charge in [-0.25, -0.2) is 0 Å². The van der Waals surface area contributed by atoms with Crippen LogP contribution in [0, 0.1) is 0 Å². The van der Waals surface area contributed by atoms with E-state index in [0.29, 0.717) is 0 Å². The Morgan fingerprint density at radius 3 is 2.70 bits per heavy atom. The van der Waals surface area contributed by atoms with Gasteiger partial charge in [-0.15, -0.1) is 0 Å². The minimum absolute atomic E-state index is 0.226. The molecular weight excluding hydrogens is 334 g/mol. The maximum Gasteiger partial charge on any atom is 0.0766 e. The molecule has 0 aliphatic heterocycles. The van der Waals surface area contributed by atoms with Gasteiger partial charge in [-0.2, -0.15) is 16.9 Å². The maximum absolute atomic E-state index is 6.34. The Labute approximate surface area is 135 Å². The minimum Gasteiger partial charge on any atom is -0.327 e. The lowest BCUT2D eigenvalue weighted by atomic mass is 10.2. The number of nitrogens with zero attached hydrogens (tertiary/aromatic N) is 2. The Hall–Kier alpha value is -0.000000000000000111. The summed E-state index contributed by atoms with van der Waals surface area (Å²) in [7, 11) is 0. The average molecular weight is 360 g/mol. The molecule has 0 radical (unpaired) electrons. The van der Waals surface area contributed by atoms with Crippen molar-refractivity contribution >= 4 is 27.7 Å². The largest absolute Gasteiger partial charge is 0.327 e. The summed E-state index contributed by atoms with van der Waals surface area (Å²) in [5, 5.41) is 5.50. The van der Waals surface area contributed by atoms with Crippen LogP contribution in [0.1, 0.15) is 50.9 Å². The lowest BCUT2D eigenvalue weighted by molar-refractivity contribution is 0.591. The molecule has 1 fully saturated rings. The highest BCUT2D eigenvalue weighted by atomic mass is 79.9. The maximum atomic E-state index is 6.34. The van der Waals surface area contributed by atoms with Crippen LogP contribution in [0.3, 0.4) is 0 Å². The molecule has 1 unspecified atom stereocenters. The van der Waals surface area contributed by atoms with Crippen molar-refractivity contribution in [1.82, 2.24) is 9.78 Å². The predicted molar refractivity (Wildman–Crippen MR) is 91.4 cm³/mol. The summed E-state index contributed by atoms with van der Waals surface area (Å²) < 4.78 is 3.27. The van der Waals surface area contributed by atoms with Crippen molar-refractivity contribution in [3.63, 3.8) is 0 Å². The van der Waals surface area contributed by atoms with E-state index in [4.69, 9.17) is 5.73 Å². The number of thioether (sulfide) groups is 1. The number of halogens is 1. The lowest BCUT2D eigenvalue weighted by Crippen LogP contribution is -2.28. The van der Waals surface area contributed by atoms with E-state index in [1.54, 1.807) is 0 Å². The van der Waals surface area contributed by atoms with E-state index in [0.717, 1.165) is 36.1 Å². The van der Waals surface area contributed by atoms with Gasteiger partial charge in [0.25, 0.3) is 0 Å². The smallest absolute Gasteiger partial charge is 0.0766 e. The summed E-state index contributed by atoms with van der Waals surface area (Å²) in [6, 6.07) is 0.226. The first kappa shape index (κ1) is 16.4.